The predicted octanol–water partition coefficient (Wildman–Crippen LogP) is 3.46. The predicted molar refractivity (Wildman–Crippen MR) is 125 cm³/mol. The van der Waals surface area contributed by atoms with Crippen molar-refractivity contribution >= 4 is 17.7 Å². The third kappa shape index (κ3) is 4.95. The van der Waals surface area contributed by atoms with Crippen LogP contribution in [0.25, 0.3) is 0 Å². The minimum absolute atomic E-state index is 0.0339. The van der Waals surface area contributed by atoms with Crippen molar-refractivity contribution < 1.29 is 28.6 Å². The Kier molecular flexibility index (Phi) is 7.24. The molecule has 2 unspecified atom stereocenters. The summed E-state index contributed by atoms with van der Waals surface area (Å²) in [5.41, 5.74) is 2.23. The summed E-state index contributed by atoms with van der Waals surface area (Å²) in [6, 6.07) is 8.78. The molecule has 1 amide bonds. The van der Waals surface area contributed by atoms with E-state index in [1.54, 1.807) is 4.90 Å². The highest BCUT2D eigenvalue weighted by Gasteiger charge is 2.35. The van der Waals surface area contributed by atoms with Gasteiger partial charge in [-0.2, -0.15) is 0 Å². The zero-order valence-electron chi connectivity index (χ0n) is 20.0. The van der Waals surface area contributed by atoms with Crippen LogP contribution in [0, 0.1) is 13.8 Å². The molecular formula is C26H32N2O6. The number of esters is 1. The van der Waals surface area contributed by atoms with Gasteiger partial charge in [0.2, 0.25) is 11.7 Å². The maximum Gasteiger partial charge on any atom is 0.329 e. The highest BCUT2D eigenvalue weighted by atomic mass is 16.6. The minimum atomic E-state index is -0.592. The molecule has 8 nitrogen and oxygen atoms in total. The van der Waals surface area contributed by atoms with Gasteiger partial charge in [0.05, 0.1) is 6.54 Å². The zero-order valence-corrected chi connectivity index (χ0v) is 20.0. The Morgan fingerprint density at radius 2 is 1.91 bits per heavy atom. The van der Waals surface area contributed by atoms with Crippen LogP contribution in [0.4, 0.5) is 0 Å². The number of likely N-dealkylation sites (tertiary alicyclic amines) is 1. The molecule has 2 aliphatic heterocycles. The fourth-order valence-electron chi connectivity index (χ4n) is 4.70. The monoisotopic (exact) mass is 468 g/mol. The quantitative estimate of drug-likeness (QED) is 0.436. The molecule has 0 radical (unpaired) electrons. The number of hydrogen-bond acceptors (Lipinski definition) is 6. The number of fused-ring (bicyclic) bond motifs is 1. The SMILES string of the molecule is CCCC(=O)N1CCCC1C(=O)OCC(=O)c1cc(C)n(CC2COc3ccccc3O2)c1C. The number of Topliss-reactive ketones (excluding diaryl/α,β-unsaturated/α-hetero) is 1. The van der Waals surface area contributed by atoms with Gasteiger partial charge in [-0.3, -0.25) is 9.59 Å². The number of ketones is 1. The molecule has 2 aromatic rings. The molecule has 34 heavy (non-hydrogen) atoms. The van der Waals surface area contributed by atoms with Crippen molar-refractivity contribution in [3.05, 3.63) is 47.3 Å². The first-order valence-electron chi connectivity index (χ1n) is 11.9. The zero-order chi connectivity index (χ0) is 24.2. The number of amides is 1. The number of aryl methyl sites for hydroxylation is 1. The average molecular weight is 469 g/mol. The smallest absolute Gasteiger partial charge is 0.329 e. The van der Waals surface area contributed by atoms with Crippen molar-refractivity contribution in [1.82, 2.24) is 9.47 Å². The number of aromatic nitrogens is 1. The Morgan fingerprint density at radius 1 is 1.15 bits per heavy atom. The third-order valence-electron chi connectivity index (χ3n) is 6.48. The standard InChI is InChI=1S/C26H32N2O6/c1-4-8-25(30)27-12-7-9-21(27)26(31)33-16-22(29)20-13-17(2)28(18(20)3)14-19-15-32-23-10-5-6-11-24(23)34-19/h5-6,10-11,13,19,21H,4,7-9,12,14-16H2,1-3H3. The van der Waals surface area contributed by atoms with Crippen LogP contribution >= 0.6 is 0 Å². The summed E-state index contributed by atoms with van der Waals surface area (Å²) in [7, 11) is 0. The number of rotatable bonds is 8. The Morgan fingerprint density at radius 3 is 2.68 bits per heavy atom. The molecule has 0 aliphatic carbocycles. The Balaban J connectivity index is 1.37. The highest BCUT2D eigenvalue weighted by molar-refractivity contribution is 5.99. The van der Waals surface area contributed by atoms with Gasteiger partial charge in [-0.05, 0) is 51.3 Å². The maximum absolute atomic E-state index is 12.9. The summed E-state index contributed by atoms with van der Waals surface area (Å²) in [6.45, 7) is 6.92. The average Bonchev–Trinajstić information content (AvgIpc) is 3.43. The highest BCUT2D eigenvalue weighted by Crippen LogP contribution is 2.31. The molecule has 182 valence electrons. The van der Waals surface area contributed by atoms with Crippen LogP contribution in [0.1, 0.15) is 54.4 Å². The number of carbonyl (C=O) groups excluding carboxylic acids is 3. The van der Waals surface area contributed by atoms with E-state index in [-0.39, 0.29) is 24.4 Å². The molecule has 2 atom stereocenters. The van der Waals surface area contributed by atoms with Gasteiger partial charge >= 0.3 is 5.97 Å². The molecule has 3 heterocycles. The van der Waals surface area contributed by atoms with Gasteiger partial charge in [-0.25, -0.2) is 4.79 Å². The molecule has 0 saturated carbocycles. The lowest BCUT2D eigenvalue weighted by Gasteiger charge is -2.27. The molecule has 1 fully saturated rings. The summed E-state index contributed by atoms with van der Waals surface area (Å²) in [5, 5.41) is 0. The number of para-hydroxylation sites is 2. The van der Waals surface area contributed by atoms with E-state index in [0.717, 1.165) is 30.0 Å². The minimum Gasteiger partial charge on any atom is -0.486 e. The van der Waals surface area contributed by atoms with Crippen molar-refractivity contribution in [1.29, 1.82) is 0 Å². The van der Waals surface area contributed by atoms with E-state index in [4.69, 9.17) is 14.2 Å². The van der Waals surface area contributed by atoms with Crippen molar-refractivity contribution in [3.8, 4) is 11.5 Å². The van der Waals surface area contributed by atoms with Crippen molar-refractivity contribution in [2.75, 3.05) is 19.8 Å². The van der Waals surface area contributed by atoms with Crippen LogP contribution in [-0.2, 0) is 20.9 Å². The van der Waals surface area contributed by atoms with Crippen LogP contribution in [-0.4, -0.2) is 59.0 Å². The summed E-state index contributed by atoms with van der Waals surface area (Å²) in [5.74, 6) is 0.643. The van der Waals surface area contributed by atoms with E-state index in [1.807, 2.05) is 55.7 Å². The van der Waals surface area contributed by atoms with E-state index < -0.39 is 12.0 Å². The van der Waals surface area contributed by atoms with E-state index in [2.05, 4.69) is 0 Å². The van der Waals surface area contributed by atoms with E-state index in [1.165, 1.54) is 0 Å². The molecule has 2 aliphatic rings. The first-order valence-corrected chi connectivity index (χ1v) is 11.9. The molecule has 0 spiro atoms. The molecule has 0 bridgehead atoms. The lowest BCUT2D eigenvalue weighted by molar-refractivity contribution is -0.152. The number of ether oxygens (including phenoxy) is 3. The molecule has 8 heteroatoms. The lowest BCUT2D eigenvalue weighted by Crippen LogP contribution is -2.41. The van der Waals surface area contributed by atoms with Crippen molar-refractivity contribution in [2.24, 2.45) is 0 Å². The number of hydrogen-bond donors (Lipinski definition) is 0. The van der Waals surface area contributed by atoms with Gasteiger partial charge < -0.3 is 23.7 Å². The van der Waals surface area contributed by atoms with E-state index in [9.17, 15) is 14.4 Å². The molecule has 1 aromatic carbocycles. The Labute approximate surface area is 199 Å². The first kappa shape index (κ1) is 23.9. The molecule has 4 rings (SSSR count). The van der Waals surface area contributed by atoms with Gasteiger partial charge in [-0.1, -0.05) is 19.1 Å². The second kappa shape index (κ2) is 10.3. The molecule has 1 saturated heterocycles. The van der Waals surface area contributed by atoms with Gasteiger partial charge in [0.15, 0.2) is 24.2 Å². The van der Waals surface area contributed by atoms with Gasteiger partial charge in [-0.15, -0.1) is 0 Å². The number of carbonyl (C=O) groups is 3. The maximum atomic E-state index is 12.9. The normalized spacial score (nSPS) is 19.2. The van der Waals surface area contributed by atoms with Crippen molar-refractivity contribution in [3.63, 3.8) is 0 Å². The first-order chi connectivity index (χ1) is 16.4. The molecular weight excluding hydrogens is 436 g/mol. The van der Waals surface area contributed by atoms with E-state index in [0.29, 0.717) is 43.9 Å². The molecule has 0 N–H and O–H groups in total. The number of benzene rings is 1. The third-order valence-corrected chi connectivity index (χ3v) is 6.48. The number of nitrogens with zero attached hydrogens (tertiary/aromatic N) is 2. The second-order valence-electron chi connectivity index (χ2n) is 8.92. The van der Waals surface area contributed by atoms with Crippen LogP contribution in [0.2, 0.25) is 0 Å². The second-order valence-corrected chi connectivity index (χ2v) is 8.92. The van der Waals surface area contributed by atoms with Gasteiger partial charge in [0, 0.05) is 29.9 Å². The van der Waals surface area contributed by atoms with Crippen LogP contribution in [0.3, 0.4) is 0 Å². The fourth-order valence-corrected chi connectivity index (χ4v) is 4.70. The summed E-state index contributed by atoms with van der Waals surface area (Å²) in [4.78, 5) is 39.4. The van der Waals surface area contributed by atoms with Crippen LogP contribution < -0.4 is 9.47 Å². The van der Waals surface area contributed by atoms with Gasteiger partial charge in [0.1, 0.15) is 12.6 Å². The van der Waals surface area contributed by atoms with Crippen LogP contribution in [0.5, 0.6) is 11.5 Å². The topological polar surface area (TPSA) is 87.1 Å². The fraction of sp³-hybridized carbons (Fsp3) is 0.500. The summed E-state index contributed by atoms with van der Waals surface area (Å²) < 4.78 is 19.3. The Bertz CT molecular complexity index is 1080. The van der Waals surface area contributed by atoms with Crippen molar-refractivity contribution in [2.45, 2.75) is 65.1 Å². The molecule has 1 aromatic heterocycles. The van der Waals surface area contributed by atoms with E-state index >= 15 is 0 Å². The van der Waals surface area contributed by atoms with Crippen LogP contribution in [0.15, 0.2) is 30.3 Å². The Hall–Kier alpha value is -3.29. The lowest BCUT2D eigenvalue weighted by atomic mass is 10.1. The largest absolute Gasteiger partial charge is 0.486 e. The van der Waals surface area contributed by atoms with Gasteiger partial charge in [0.25, 0.3) is 0 Å². The summed E-state index contributed by atoms with van der Waals surface area (Å²) >= 11 is 0. The summed E-state index contributed by atoms with van der Waals surface area (Å²) in [6.07, 6.45) is 2.30.